The van der Waals surface area contributed by atoms with E-state index in [0.717, 1.165) is 26.1 Å². The van der Waals surface area contributed by atoms with E-state index in [2.05, 4.69) is 19.1 Å². The summed E-state index contributed by atoms with van der Waals surface area (Å²) in [6.07, 6.45) is 14.6. The molecule has 0 spiro atoms. The van der Waals surface area contributed by atoms with Crippen molar-refractivity contribution in [3.8, 4) is 0 Å². The molecule has 0 N–H and O–H groups in total. The normalized spacial score (nSPS) is 10.9. The first-order valence-corrected chi connectivity index (χ1v) is 10.3. The van der Waals surface area contributed by atoms with Crippen LogP contribution in [0.25, 0.3) is 0 Å². The van der Waals surface area contributed by atoms with Crippen molar-refractivity contribution >= 4 is 28.3 Å². The predicted octanol–water partition coefficient (Wildman–Crippen LogP) is 4.98. The molecule has 0 unspecified atom stereocenters. The van der Waals surface area contributed by atoms with Gasteiger partial charge >= 0.3 is 19.3 Å². The molecule has 3 heteroatoms. The third-order valence-electron chi connectivity index (χ3n) is 2.72. The predicted molar refractivity (Wildman–Crippen MR) is 79.0 cm³/mol. The number of halogens is 1. The van der Waals surface area contributed by atoms with Crippen molar-refractivity contribution in [1.29, 1.82) is 0 Å². The van der Waals surface area contributed by atoms with Gasteiger partial charge in [0.15, 0.2) is 0 Å². The minimum Gasteiger partial charge on any atom is -0.381 e. The van der Waals surface area contributed by atoms with Crippen molar-refractivity contribution < 1.29 is 4.74 Å². The molecule has 0 rings (SSSR count). The Kier molecular flexibility index (Phi) is 17.5. The van der Waals surface area contributed by atoms with Crippen LogP contribution < -0.4 is 0 Å². The summed E-state index contributed by atoms with van der Waals surface area (Å²) in [6, 6.07) is 0. The highest BCUT2D eigenvalue weighted by Gasteiger charge is 1.90. The van der Waals surface area contributed by atoms with Crippen LogP contribution in [0.3, 0.4) is 0 Å². The summed E-state index contributed by atoms with van der Waals surface area (Å²) in [5.41, 5.74) is 0. The molecule has 0 aromatic rings. The summed E-state index contributed by atoms with van der Waals surface area (Å²) >= 11 is -0.250. The number of allylic oxidation sites excluding steroid dienone is 2. The molecule has 0 aromatic heterocycles. The van der Waals surface area contributed by atoms with Crippen molar-refractivity contribution in [1.82, 2.24) is 0 Å². The second-order valence-corrected chi connectivity index (χ2v) is 6.69. The van der Waals surface area contributed by atoms with Crippen LogP contribution in [0.2, 0.25) is 4.55 Å². The van der Waals surface area contributed by atoms with Gasteiger partial charge in [0.25, 0.3) is 0 Å². The van der Waals surface area contributed by atoms with Crippen LogP contribution in [0.5, 0.6) is 0 Å². The Morgan fingerprint density at radius 3 is 2.41 bits per heavy atom. The molecule has 1 nitrogen and oxygen atoms in total. The van der Waals surface area contributed by atoms with Gasteiger partial charge in [0.1, 0.15) is 0 Å². The third-order valence-corrected chi connectivity index (χ3v) is 4.20. The van der Waals surface area contributed by atoms with Crippen molar-refractivity contribution in [2.45, 2.75) is 62.8 Å². The van der Waals surface area contributed by atoms with Gasteiger partial charge in [0.05, 0.1) is 0 Å². The fourth-order valence-corrected chi connectivity index (χ4v) is 2.50. The molecule has 17 heavy (non-hydrogen) atoms. The molecule has 0 radical (unpaired) electrons. The van der Waals surface area contributed by atoms with Crippen molar-refractivity contribution in [2.75, 3.05) is 13.2 Å². The summed E-state index contributed by atoms with van der Waals surface area (Å²) in [4.78, 5) is 0. The lowest BCUT2D eigenvalue weighted by molar-refractivity contribution is 0.128. The van der Waals surface area contributed by atoms with Gasteiger partial charge in [-0.25, -0.2) is 0 Å². The average molecular weight is 271 g/mol. The number of unbranched alkanes of at least 4 members (excludes halogenated alkanes) is 5. The molecule has 0 saturated carbocycles. The fraction of sp³-hybridized carbons (Fsp3) is 0.857. The monoisotopic (exact) mass is 270 g/mol. The number of hydrogen-bond acceptors (Lipinski definition) is 1. The first-order chi connectivity index (χ1) is 8.41. The van der Waals surface area contributed by atoms with E-state index in [4.69, 9.17) is 13.8 Å². The van der Waals surface area contributed by atoms with Gasteiger partial charge in [-0.05, 0) is 19.3 Å². The van der Waals surface area contributed by atoms with E-state index < -0.39 is 0 Å². The second-order valence-electron chi connectivity index (χ2n) is 4.47. The zero-order valence-corrected chi connectivity index (χ0v) is 13.6. The highest BCUT2D eigenvalue weighted by molar-refractivity contribution is 6.93. The zero-order valence-electron chi connectivity index (χ0n) is 11.4. The minimum absolute atomic E-state index is 0.250. The Morgan fingerprint density at radius 1 is 0.941 bits per heavy atom. The zero-order chi connectivity index (χ0) is 12.6. The van der Waals surface area contributed by atoms with Gasteiger partial charge in [-0.15, -0.1) is 4.55 Å². The van der Waals surface area contributed by atoms with E-state index >= 15 is 0 Å². The molecule has 0 amide bonds. The third kappa shape index (κ3) is 16.8. The molecule has 98 valence electrons. The lowest BCUT2D eigenvalue weighted by Gasteiger charge is -2.02. The van der Waals surface area contributed by atoms with E-state index in [1.54, 1.807) is 0 Å². The fourth-order valence-electron chi connectivity index (χ4n) is 1.64. The summed E-state index contributed by atoms with van der Waals surface area (Å²) in [5, 5.41) is 0. The molecular formula is C14H27ClMgO. The first kappa shape index (κ1) is 17.8. The smallest absolute Gasteiger partial charge is 0.381 e. The van der Waals surface area contributed by atoms with Gasteiger partial charge in [-0.2, -0.15) is 0 Å². The molecule has 0 saturated heterocycles. The molecule has 0 heterocycles. The van der Waals surface area contributed by atoms with Crippen LogP contribution in [0.4, 0.5) is 0 Å². The van der Waals surface area contributed by atoms with Crippen molar-refractivity contribution in [2.24, 2.45) is 0 Å². The first-order valence-electron chi connectivity index (χ1n) is 7.20. The molecule has 0 atom stereocenters. The van der Waals surface area contributed by atoms with E-state index in [0.29, 0.717) is 0 Å². The van der Waals surface area contributed by atoms with Gasteiger partial charge in [0.2, 0.25) is 0 Å². The summed E-state index contributed by atoms with van der Waals surface area (Å²) < 4.78 is 6.82. The van der Waals surface area contributed by atoms with Gasteiger partial charge in [0, 0.05) is 13.2 Å². The SMILES string of the molecule is CCCCCCCOCCC/C=C/C[CH2][Mg][Cl]. The summed E-state index contributed by atoms with van der Waals surface area (Å²) in [5.74, 6) is 0. The Labute approximate surface area is 121 Å². The van der Waals surface area contributed by atoms with Gasteiger partial charge in [-0.3, -0.25) is 0 Å². The maximum Gasteiger partial charge on any atom is 0.501 e. The van der Waals surface area contributed by atoms with E-state index in [1.165, 1.54) is 43.1 Å². The van der Waals surface area contributed by atoms with Gasteiger partial charge < -0.3 is 13.8 Å². The molecular weight excluding hydrogens is 244 g/mol. The Morgan fingerprint density at radius 2 is 1.65 bits per heavy atom. The van der Waals surface area contributed by atoms with Crippen LogP contribution in [0, 0.1) is 0 Å². The maximum absolute atomic E-state index is 5.73. The van der Waals surface area contributed by atoms with Crippen LogP contribution in [-0.4, -0.2) is 32.5 Å². The molecule has 0 aromatic carbocycles. The molecule has 0 aliphatic rings. The molecule has 0 bridgehead atoms. The number of rotatable bonds is 13. The summed E-state index contributed by atoms with van der Waals surface area (Å²) in [6.45, 7) is 4.12. The Bertz CT molecular complexity index is 162. The van der Waals surface area contributed by atoms with Crippen LogP contribution in [0.1, 0.15) is 58.3 Å². The van der Waals surface area contributed by atoms with Crippen LogP contribution in [-0.2, 0) is 4.74 Å². The summed E-state index contributed by atoms with van der Waals surface area (Å²) in [7, 11) is 5.73. The van der Waals surface area contributed by atoms with Crippen molar-refractivity contribution in [3.05, 3.63) is 12.2 Å². The lowest BCUT2D eigenvalue weighted by Crippen LogP contribution is -1.96. The van der Waals surface area contributed by atoms with E-state index in [9.17, 15) is 0 Å². The van der Waals surface area contributed by atoms with Crippen LogP contribution >= 0.6 is 9.07 Å². The number of ether oxygens (including phenoxy) is 1. The standard InChI is InChI=1S/C14H27O.ClH.Mg/c1-3-5-7-9-11-13-15-14-12-10-8-6-4-2;;/h5,7H,1,3-4,6,8-14H2,2H3;1H;/q;;+1/p-1/b7-5+;;. The van der Waals surface area contributed by atoms with Crippen molar-refractivity contribution in [3.63, 3.8) is 0 Å². The highest BCUT2D eigenvalue weighted by atomic mass is 35.5. The van der Waals surface area contributed by atoms with E-state index in [-0.39, 0.29) is 19.3 Å². The van der Waals surface area contributed by atoms with E-state index in [1.807, 2.05) is 0 Å². The highest BCUT2D eigenvalue weighted by Crippen LogP contribution is 2.03. The largest absolute Gasteiger partial charge is 0.501 e. The average Bonchev–Trinajstić information content (AvgIpc) is 2.35. The molecule has 0 aliphatic carbocycles. The van der Waals surface area contributed by atoms with Gasteiger partial charge in [-0.1, -0.05) is 51.2 Å². The maximum atomic E-state index is 5.73. The topological polar surface area (TPSA) is 9.23 Å². The lowest BCUT2D eigenvalue weighted by atomic mass is 10.2. The Hall–Kier alpha value is 0.756. The quantitative estimate of drug-likeness (QED) is 0.261. The number of hydrogen-bond donors (Lipinski definition) is 0. The minimum atomic E-state index is -0.250. The molecule has 0 aliphatic heterocycles. The Balaban J connectivity index is 2.96. The second kappa shape index (κ2) is 16.8. The van der Waals surface area contributed by atoms with Crippen LogP contribution in [0.15, 0.2) is 12.2 Å². The molecule has 0 fully saturated rings.